The third-order valence-corrected chi connectivity index (χ3v) is 11.6. The molecule has 4 saturated carbocycles. The van der Waals surface area contributed by atoms with Gasteiger partial charge in [0.05, 0.1) is 13.2 Å². The average molecular weight is 491 g/mol. The Hall–Kier alpha value is -0.650. The lowest BCUT2D eigenvalue weighted by Crippen LogP contribution is -2.59. The number of carbonyl (C=O) groups is 1. The second-order valence-corrected chi connectivity index (χ2v) is 13.6. The molecule has 4 rings (SSSR count). The summed E-state index contributed by atoms with van der Waals surface area (Å²) < 4.78 is 4.91. The predicted molar refractivity (Wildman–Crippen MR) is 142 cm³/mol. The van der Waals surface area contributed by atoms with Crippen molar-refractivity contribution in [1.82, 2.24) is 10.6 Å². The van der Waals surface area contributed by atoms with E-state index < -0.39 is 0 Å². The Morgan fingerprint density at radius 1 is 0.971 bits per heavy atom. The molecule has 5 heteroatoms. The lowest BCUT2D eigenvalue weighted by molar-refractivity contribution is -0.162. The quantitative estimate of drug-likeness (QED) is 0.308. The summed E-state index contributed by atoms with van der Waals surface area (Å²) in [6.07, 6.45) is 11.2. The molecular weight excluding hydrogens is 436 g/mol. The fourth-order valence-electron chi connectivity index (χ4n) is 9.75. The molecule has 0 aromatic heterocycles. The van der Waals surface area contributed by atoms with E-state index in [1.807, 2.05) is 0 Å². The second kappa shape index (κ2) is 11.0. The first-order valence-electron chi connectivity index (χ1n) is 14.8. The zero-order valence-electron chi connectivity index (χ0n) is 23.4. The van der Waals surface area contributed by atoms with Crippen LogP contribution in [0.5, 0.6) is 0 Å². The SMILES string of the molecule is COC(=O)CC[C@@H](C)C1CCC2C3C[C@H](O)C4CC(NCCNC(C)C)CCC4(C)C3CCC21C. The van der Waals surface area contributed by atoms with Crippen molar-refractivity contribution < 1.29 is 14.6 Å². The smallest absolute Gasteiger partial charge is 0.305 e. The Bertz CT molecular complexity index is 728. The molecule has 0 aromatic carbocycles. The van der Waals surface area contributed by atoms with Gasteiger partial charge >= 0.3 is 5.97 Å². The molecule has 0 saturated heterocycles. The molecule has 0 amide bonds. The largest absolute Gasteiger partial charge is 0.469 e. The van der Waals surface area contributed by atoms with Gasteiger partial charge in [0.25, 0.3) is 0 Å². The number of aliphatic hydroxyl groups is 1. The van der Waals surface area contributed by atoms with Crippen molar-refractivity contribution in [3.05, 3.63) is 0 Å². The van der Waals surface area contributed by atoms with Crippen molar-refractivity contribution in [3.63, 3.8) is 0 Å². The van der Waals surface area contributed by atoms with Crippen molar-refractivity contribution in [2.24, 2.45) is 46.3 Å². The third kappa shape index (κ3) is 5.34. The molecule has 202 valence electrons. The Kier molecular flexibility index (Phi) is 8.60. The van der Waals surface area contributed by atoms with Gasteiger partial charge in [-0.25, -0.2) is 0 Å². The molecule has 5 nitrogen and oxygen atoms in total. The zero-order chi connectivity index (χ0) is 25.4. The highest BCUT2D eigenvalue weighted by Gasteiger charge is 2.62. The molecular formula is C30H54N2O3. The van der Waals surface area contributed by atoms with Crippen LogP contribution in [0.25, 0.3) is 0 Å². The molecule has 4 aliphatic rings. The van der Waals surface area contributed by atoms with Crippen molar-refractivity contribution in [2.75, 3.05) is 20.2 Å². The molecule has 0 aromatic rings. The summed E-state index contributed by atoms with van der Waals surface area (Å²) in [4.78, 5) is 11.8. The highest BCUT2D eigenvalue weighted by Crippen LogP contribution is 2.68. The number of hydrogen-bond donors (Lipinski definition) is 3. The van der Waals surface area contributed by atoms with E-state index in [2.05, 4.69) is 45.3 Å². The minimum atomic E-state index is -0.155. The van der Waals surface area contributed by atoms with E-state index in [1.165, 1.54) is 45.6 Å². The van der Waals surface area contributed by atoms with E-state index in [0.29, 0.717) is 47.6 Å². The van der Waals surface area contributed by atoms with Crippen LogP contribution in [0.1, 0.15) is 98.8 Å². The van der Waals surface area contributed by atoms with Gasteiger partial charge in [-0.2, -0.15) is 0 Å². The number of hydrogen-bond acceptors (Lipinski definition) is 5. The van der Waals surface area contributed by atoms with E-state index >= 15 is 0 Å². The number of carbonyl (C=O) groups excluding carboxylic acids is 1. The number of esters is 1. The van der Waals surface area contributed by atoms with Crippen molar-refractivity contribution in [2.45, 2.75) is 117 Å². The summed E-state index contributed by atoms with van der Waals surface area (Å²) in [5, 5.41) is 18.8. The highest BCUT2D eigenvalue weighted by atomic mass is 16.5. The van der Waals surface area contributed by atoms with Crippen LogP contribution in [0, 0.1) is 46.3 Å². The Labute approximate surface area is 214 Å². The van der Waals surface area contributed by atoms with Gasteiger partial charge < -0.3 is 20.5 Å². The normalized spacial score (nSPS) is 43.8. The van der Waals surface area contributed by atoms with Crippen LogP contribution in [0.3, 0.4) is 0 Å². The van der Waals surface area contributed by atoms with Crippen LogP contribution in [0.2, 0.25) is 0 Å². The van der Waals surface area contributed by atoms with Gasteiger partial charge in [0.2, 0.25) is 0 Å². The van der Waals surface area contributed by atoms with Crippen LogP contribution in [-0.4, -0.2) is 49.5 Å². The maximum Gasteiger partial charge on any atom is 0.305 e. The van der Waals surface area contributed by atoms with Crippen molar-refractivity contribution >= 4 is 5.97 Å². The maximum atomic E-state index is 11.8. The summed E-state index contributed by atoms with van der Waals surface area (Å²) in [7, 11) is 1.50. The molecule has 0 bridgehead atoms. The molecule has 0 radical (unpaired) electrons. The van der Waals surface area contributed by atoms with Crippen LogP contribution in [0.15, 0.2) is 0 Å². The lowest BCUT2D eigenvalue weighted by atomic mass is 9.43. The Balaban J connectivity index is 1.40. The van der Waals surface area contributed by atoms with Crippen LogP contribution < -0.4 is 10.6 Å². The number of nitrogens with one attached hydrogen (secondary N) is 2. The first-order chi connectivity index (χ1) is 16.6. The first kappa shape index (κ1) is 27.4. The van der Waals surface area contributed by atoms with E-state index in [-0.39, 0.29) is 17.5 Å². The second-order valence-electron chi connectivity index (χ2n) is 13.6. The molecule has 35 heavy (non-hydrogen) atoms. The number of rotatable bonds is 9. The summed E-state index contributed by atoms with van der Waals surface area (Å²) >= 11 is 0. The number of ether oxygens (including phenoxy) is 1. The summed E-state index contributed by atoms with van der Waals surface area (Å²) in [5.74, 6) is 3.79. The minimum absolute atomic E-state index is 0.0732. The van der Waals surface area contributed by atoms with Crippen LogP contribution in [0.4, 0.5) is 0 Å². The van der Waals surface area contributed by atoms with Crippen molar-refractivity contribution in [3.8, 4) is 0 Å². The molecule has 10 atom stereocenters. The van der Waals surface area contributed by atoms with Gasteiger partial charge in [-0.1, -0.05) is 34.6 Å². The topological polar surface area (TPSA) is 70.6 Å². The average Bonchev–Trinajstić information content (AvgIpc) is 3.18. The Morgan fingerprint density at radius 3 is 2.40 bits per heavy atom. The summed E-state index contributed by atoms with van der Waals surface area (Å²) in [5.41, 5.74) is 0.647. The minimum Gasteiger partial charge on any atom is -0.469 e. The van der Waals surface area contributed by atoms with Crippen molar-refractivity contribution in [1.29, 1.82) is 0 Å². The molecule has 0 heterocycles. The molecule has 0 aliphatic heterocycles. The van der Waals surface area contributed by atoms with Gasteiger partial charge in [-0.15, -0.1) is 0 Å². The number of aliphatic hydroxyl groups excluding tert-OH is 1. The molecule has 4 fully saturated rings. The van der Waals surface area contributed by atoms with E-state index in [4.69, 9.17) is 4.74 Å². The van der Waals surface area contributed by atoms with Gasteiger partial charge in [0.15, 0.2) is 0 Å². The molecule has 3 N–H and O–H groups in total. The summed E-state index contributed by atoms with van der Waals surface area (Å²) in [6.45, 7) is 13.9. The zero-order valence-corrected chi connectivity index (χ0v) is 23.4. The highest BCUT2D eigenvalue weighted by molar-refractivity contribution is 5.69. The third-order valence-electron chi connectivity index (χ3n) is 11.6. The maximum absolute atomic E-state index is 11.8. The van der Waals surface area contributed by atoms with Gasteiger partial charge in [0, 0.05) is 31.6 Å². The monoisotopic (exact) mass is 490 g/mol. The van der Waals surface area contributed by atoms with Crippen LogP contribution >= 0.6 is 0 Å². The Morgan fingerprint density at radius 2 is 1.69 bits per heavy atom. The number of methoxy groups -OCH3 is 1. The van der Waals surface area contributed by atoms with E-state index in [9.17, 15) is 9.90 Å². The summed E-state index contributed by atoms with van der Waals surface area (Å²) in [6, 6.07) is 1.08. The molecule has 4 aliphatic carbocycles. The van der Waals surface area contributed by atoms with Gasteiger partial charge in [-0.05, 0) is 104 Å². The fourth-order valence-corrected chi connectivity index (χ4v) is 9.75. The van der Waals surface area contributed by atoms with Crippen LogP contribution in [-0.2, 0) is 9.53 Å². The standard InChI is InChI=1S/C30H54N2O3/c1-19(2)31-15-16-32-21-11-13-30(5)25-12-14-29(4)23(20(3)7-10-28(34)35-6)8-9-24(29)22(25)18-27(33)26(30)17-21/h19-27,31-33H,7-18H2,1-6H3/t20-,21?,22?,23?,24?,25?,26?,27+,29?,30?/m1/s1. The van der Waals surface area contributed by atoms with E-state index in [1.54, 1.807) is 0 Å². The van der Waals surface area contributed by atoms with Gasteiger partial charge in [0.1, 0.15) is 0 Å². The molecule has 8 unspecified atom stereocenters. The molecule has 0 spiro atoms. The van der Waals surface area contributed by atoms with E-state index in [0.717, 1.165) is 44.2 Å². The first-order valence-corrected chi connectivity index (χ1v) is 14.8. The number of fused-ring (bicyclic) bond motifs is 5. The van der Waals surface area contributed by atoms with Gasteiger partial charge in [-0.3, -0.25) is 4.79 Å². The fraction of sp³-hybridized carbons (Fsp3) is 0.967. The predicted octanol–water partition coefficient (Wildman–Crippen LogP) is 5.16. The lowest BCUT2D eigenvalue weighted by Gasteiger charge is -2.62.